The molecule has 0 aliphatic rings. The van der Waals surface area contributed by atoms with Crippen molar-refractivity contribution in [3.05, 3.63) is 24.4 Å². The van der Waals surface area contributed by atoms with Crippen molar-refractivity contribution in [1.82, 2.24) is 4.98 Å². The molecule has 0 atom stereocenters. The van der Waals surface area contributed by atoms with Gasteiger partial charge < -0.3 is 14.6 Å². The van der Waals surface area contributed by atoms with Crippen molar-refractivity contribution in [2.45, 2.75) is 6.11 Å². The number of ether oxygens (including phenoxy) is 1. The molecule has 0 amide bonds. The van der Waals surface area contributed by atoms with E-state index in [1.807, 2.05) is 0 Å². The molecule has 0 N–H and O–H groups in total. The van der Waals surface area contributed by atoms with Gasteiger partial charge in [0.05, 0.1) is 0 Å². The van der Waals surface area contributed by atoms with Gasteiger partial charge in [-0.15, -0.1) is 0 Å². The summed E-state index contributed by atoms with van der Waals surface area (Å²) in [5.74, 6) is -3.07. The molecule has 0 saturated heterocycles. The van der Waals surface area contributed by atoms with Crippen LogP contribution in [-0.4, -0.2) is 17.1 Å². The number of carbonyl (C=O) groups excluding carboxylic acids is 1. The van der Waals surface area contributed by atoms with E-state index in [1.165, 1.54) is 18.3 Å². The van der Waals surface area contributed by atoms with Gasteiger partial charge in [-0.25, -0.2) is 4.98 Å². The van der Waals surface area contributed by atoms with E-state index >= 15 is 0 Å². The minimum absolute atomic E-state index is 0.475. The lowest BCUT2D eigenvalue weighted by atomic mass is 10.5. The highest BCUT2D eigenvalue weighted by molar-refractivity contribution is 5.71. The predicted molar refractivity (Wildman–Crippen MR) is 34.8 cm³/mol. The number of hydrogen-bond acceptors (Lipinski definition) is 4. The van der Waals surface area contributed by atoms with Crippen molar-refractivity contribution < 1.29 is 23.4 Å². The number of aliphatic carboxylic acids is 1. The molecule has 1 aromatic rings. The fourth-order valence-corrected chi connectivity index (χ4v) is 0.580. The molecule has 0 unspecified atom stereocenters. The van der Waals surface area contributed by atoms with E-state index in [9.17, 15) is 18.7 Å². The van der Waals surface area contributed by atoms with Crippen LogP contribution in [0.5, 0.6) is 5.88 Å². The summed E-state index contributed by atoms with van der Waals surface area (Å²) in [6, 6.07) is 3.97. The average molecular weight is 188 g/mol. The number of rotatable bonds is 3. The van der Waals surface area contributed by atoms with E-state index in [0.717, 1.165) is 6.07 Å². The average Bonchev–Trinajstić information content (AvgIpc) is 2.05. The molecule has 4 nitrogen and oxygen atoms in total. The Kier molecular flexibility index (Phi) is 2.41. The zero-order valence-electron chi connectivity index (χ0n) is 6.24. The van der Waals surface area contributed by atoms with Gasteiger partial charge in [0.25, 0.3) is 0 Å². The zero-order chi connectivity index (χ0) is 9.90. The van der Waals surface area contributed by atoms with Crippen LogP contribution in [0.4, 0.5) is 8.78 Å². The van der Waals surface area contributed by atoms with Crippen LogP contribution in [0.15, 0.2) is 24.4 Å². The summed E-state index contributed by atoms with van der Waals surface area (Å²) in [5, 5.41) is 9.81. The summed E-state index contributed by atoms with van der Waals surface area (Å²) >= 11 is 0. The molecule has 0 saturated carbocycles. The quantitative estimate of drug-likeness (QED) is 0.659. The standard InChI is InChI=1S/C7H5F2NO3/c8-7(9,6(11)12)13-5-3-1-2-4-10-5/h1-4H,(H,11,12)/p-1. The Balaban J connectivity index is 2.75. The summed E-state index contributed by atoms with van der Waals surface area (Å²) in [6.07, 6.45) is -3.16. The maximum absolute atomic E-state index is 12.3. The maximum Gasteiger partial charge on any atom is 0.442 e. The largest absolute Gasteiger partial charge is 0.541 e. The molecule has 0 radical (unpaired) electrons. The highest BCUT2D eigenvalue weighted by Gasteiger charge is 2.34. The molecule has 0 fully saturated rings. The van der Waals surface area contributed by atoms with Crippen LogP contribution < -0.4 is 9.84 Å². The van der Waals surface area contributed by atoms with Crippen molar-refractivity contribution in [2.24, 2.45) is 0 Å². The molecule has 0 aliphatic carbocycles. The number of carboxylic acid groups (broad SMARTS) is 1. The number of carboxylic acids is 1. The topological polar surface area (TPSA) is 62.2 Å². The van der Waals surface area contributed by atoms with Crippen LogP contribution in [0.2, 0.25) is 0 Å². The van der Waals surface area contributed by atoms with Crippen LogP contribution in [0.1, 0.15) is 0 Å². The first kappa shape index (κ1) is 9.37. The molecule has 6 heteroatoms. The van der Waals surface area contributed by atoms with Crippen molar-refractivity contribution in [2.75, 3.05) is 0 Å². The fraction of sp³-hybridized carbons (Fsp3) is 0.143. The summed E-state index contributed by atoms with van der Waals surface area (Å²) in [7, 11) is 0. The lowest BCUT2D eigenvalue weighted by Gasteiger charge is -2.16. The van der Waals surface area contributed by atoms with E-state index in [4.69, 9.17) is 0 Å². The minimum atomic E-state index is -4.35. The molecule has 0 aliphatic heterocycles. The highest BCUT2D eigenvalue weighted by Crippen LogP contribution is 2.17. The second-order valence-electron chi connectivity index (χ2n) is 2.07. The second-order valence-corrected chi connectivity index (χ2v) is 2.07. The predicted octanol–water partition coefficient (Wildman–Crippen LogP) is -0.197. The molecular weight excluding hydrogens is 184 g/mol. The Morgan fingerprint density at radius 2 is 2.23 bits per heavy atom. The van der Waals surface area contributed by atoms with Crippen molar-refractivity contribution in [1.29, 1.82) is 0 Å². The fourth-order valence-electron chi connectivity index (χ4n) is 0.580. The normalized spacial score (nSPS) is 10.9. The van der Waals surface area contributed by atoms with E-state index in [-0.39, 0.29) is 0 Å². The summed E-state index contributed by atoms with van der Waals surface area (Å²) in [6.45, 7) is 0. The van der Waals surface area contributed by atoms with E-state index < -0.39 is 18.0 Å². The molecule has 1 heterocycles. The first-order valence-corrected chi connectivity index (χ1v) is 3.21. The van der Waals surface area contributed by atoms with Crippen LogP contribution in [0, 0.1) is 0 Å². The Morgan fingerprint density at radius 3 is 2.69 bits per heavy atom. The first-order valence-electron chi connectivity index (χ1n) is 3.21. The molecule has 0 bridgehead atoms. The molecule has 0 spiro atoms. The number of nitrogens with zero attached hydrogens (tertiary/aromatic N) is 1. The lowest BCUT2D eigenvalue weighted by molar-refractivity contribution is -0.351. The van der Waals surface area contributed by atoms with Gasteiger partial charge in [-0.1, -0.05) is 6.07 Å². The zero-order valence-corrected chi connectivity index (χ0v) is 6.24. The van der Waals surface area contributed by atoms with Crippen molar-refractivity contribution in [3.63, 3.8) is 0 Å². The number of halogens is 2. The molecule has 13 heavy (non-hydrogen) atoms. The summed E-state index contributed by atoms with van der Waals surface area (Å²) in [5.41, 5.74) is 0. The van der Waals surface area contributed by atoms with Gasteiger partial charge >= 0.3 is 6.11 Å². The van der Waals surface area contributed by atoms with Gasteiger partial charge in [0, 0.05) is 12.3 Å². The monoisotopic (exact) mass is 188 g/mol. The summed E-state index contributed by atoms with van der Waals surface area (Å²) in [4.78, 5) is 13.2. The van der Waals surface area contributed by atoms with Crippen molar-refractivity contribution in [3.8, 4) is 5.88 Å². The highest BCUT2D eigenvalue weighted by atomic mass is 19.3. The van der Waals surface area contributed by atoms with E-state index in [2.05, 4.69) is 9.72 Å². The van der Waals surface area contributed by atoms with Crippen LogP contribution in [0.3, 0.4) is 0 Å². The molecule has 70 valence electrons. The smallest absolute Gasteiger partial charge is 0.442 e. The first-order chi connectivity index (χ1) is 6.02. The van der Waals surface area contributed by atoms with Crippen LogP contribution >= 0.6 is 0 Å². The maximum atomic E-state index is 12.3. The van der Waals surface area contributed by atoms with Gasteiger partial charge in [0.2, 0.25) is 5.88 Å². The van der Waals surface area contributed by atoms with E-state index in [1.54, 1.807) is 0 Å². The summed E-state index contributed by atoms with van der Waals surface area (Å²) < 4.78 is 28.4. The molecular formula is C7H4F2NO3-. The van der Waals surface area contributed by atoms with Gasteiger partial charge in [-0.3, -0.25) is 0 Å². The third kappa shape index (κ3) is 2.36. The third-order valence-corrected chi connectivity index (χ3v) is 1.11. The van der Waals surface area contributed by atoms with Crippen LogP contribution in [-0.2, 0) is 4.79 Å². The number of hydrogen-bond donors (Lipinski definition) is 0. The Labute approximate surface area is 71.8 Å². The minimum Gasteiger partial charge on any atom is -0.541 e. The van der Waals surface area contributed by atoms with Crippen molar-refractivity contribution >= 4 is 5.97 Å². The number of pyridine rings is 1. The number of aromatic nitrogens is 1. The molecule has 1 aromatic heterocycles. The molecule has 0 aromatic carbocycles. The Bertz CT molecular complexity index is 302. The Hall–Kier alpha value is -1.72. The van der Waals surface area contributed by atoms with Gasteiger partial charge in [-0.2, -0.15) is 8.78 Å². The van der Waals surface area contributed by atoms with Gasteiger partial charge in [0.1, 0.15) is 0 Å². The van der Waals surface area contributed by atoms with Crippen LogP contribution in [0.25, 0.3) is 0 Å². The number of alkyl halides is 2. The lowest BCUT2D eigenvalue weighted by Crippen LogP contribution is -2.45. The number of carbonyl (C=O) groups is 1. The van der Waals surface area contributed by atoms with E-state index in [0.29, 0.717) is 0 Å². The SMILES string of the molecule is O=C([O-])C(F)(F)Oc1ccccn1. The Morgan fingerprint density at radius 1 is 1.54 bits per heavy atom. The third-order valence-electron chi connectivity index (χ3n) is 1.11. The van der Waals surface area contributed by atoms with Gasteiger partial charge in [0.15, 0.2) is 5.97 Å². The molecule has 1 rings (SSSR count). The second kappa shape index (κ2) is 3.34. The van der Waals surface area contributed by atoms with Gasteiger partial charge in [-0.05, 0) is 6.07 Å².